The van der Waals surface area contributed by atoms with Crippen LogP contribution in [0.15, 0.2) is 40.2 Å². The number of hydrogen-bond donors (Lipinski definition) is 4. The Bertz CT molecular complexity index is 1330. The van der Waals surface area contributed by atoms with Gasteiger partial charge in [-0.2, -0.15) is 4.72 Å². The van der Waals surface area contributed by atoms with E-state index in [1.54, 1.807) is 18.2 Å². The molecule has 0 saturated carbocycles. The number of benzene rings is 2. The van der Waals surface area contributed by atoms with E-state index >= 15 is 0 Å². The molecule has 1 unspecified atom stereocenters. The van der Waals surface area contributed by atoms with Crippen molar-refractivity contribution < 1.29 is 32.6 Å². The van der Waals surface area contributed by atoms with E-state index in [0.717, 1.165) is 5.39 Å². The van der Waals surface area contributed by atoms with Crippen LogP contribution < -0.4 is 25.7 Å². The Hall–Kier alpha value is -3.58. The maximum Gasteiger partial charge on any atom is 0.326 e. The molecular weight excluding hydrogens is 514 g/mol. The summed E-state index contributed by atoms with van der Waals surface area (Å²) in [6, 6.07) is 6.94. The van der Waals surface area contributed by atoms with Crippen LogP contribution in [-0.2, 0) is 19.6 Å². The molecule has 208 valence electrons. The Labute approximate surface area is 222 Å². The highest BCUT2D eigenvalue weighted by Gasteiger charge is 2.51. The van der Waals surface area contributed by atoms with Gasteiger partial charge in [0.2, 0.25) is 15.9 Å². The fourth-order valence-electron chi connectivity index (χ4n) is 4.78. The molecule has 13 heteroatoms. The van der Waals surface area contributed by atoms with Gasteiger partial charge in [-0.3, -0.25) is 9.79 Å². The van der Waals surface area contributed by atoms with E-state index in [-0.39, 0.29) is 43.2 Å². The van der Waals surface area contributed by atoms with Crippen molar-refractivity contribution in [3.05, 3.63) is 30.3 Å². The third-order valence-electron chi connectivity index (χ3n) is 6.68. The summed E-state index contributed by atoms with van der Waals surface area (Å²) in [5.74, 6) is -0.866. The predicted octanol–water partition coefficient (Wildman–Crippen LogP) is 1.41. The lowest BCUT2D eigenvalue weighted by atomic mass is 9.93. The van der Waals surface area contributed by atoms with E-state index in [4.69, 9.17) is 20.9 Å². The number of carboxylic acid groups (broad SMARTS) is 1. The van der Waals surface area contributed by atoms with Gasteiger partial charge in [-0.15, -0.1) is 0 Å². The first-order valence-corrected chi connectivity index (χ1v) is 13.8. The molecule has 1 amide bonds. The summed E-state index contributed by atoms with van der Waals surface area (Å²) < 4.78 is 40.5. The summed E-state index contributed by atoms with van der Waals surface area (Å²) in [5.41, 5.74) is 9.26. The Morgan fingerprint density at radius 2 is 1.84 bits per heavy atom. The van der Waals surface area contributed by atoms with Crippen LogP contribution in [0, 0.1) is 0 Å². The van der Waals surface area contributed by atoms with Gasteiger partial charge in [-0.25, -0.2) is 13.2 Å². The van der Waals surface area contributed by atoms with Crippen LogP contribution in [0.5, 0.6) is 11.5 Å². The number of carbonyl (C=O) groups is 2. The number of nitrogens with one attached hydrogen (secondary N) is 1. The number of fused-ring (bicyclic) bond motifs is 1. The lowest BCUT2D eigenvalue weighted by Gasteiger charge is -2.31. The van der Waals surface area contributed by atoms with Crippen LogP contribution in [-0.4, -0.2) is 75.2 Å². The van der Waals surface area contributed by atoms with Gasteiger partial charge in [0.25, 0.3) is 0 Å². The smallest absolute Gasteiger partial charge is 0.326 e. The topological polar surface area (TPSA) is 187 Å². The van der Waals surface area contributed by atoms with Crippen LogP contribution in [0.25, 0.3) is 10.8 Å². The van der Waals surface area contributed by atoms with Gasteiger partial charge < -0.3 is 30.9 Å². The number of ether oxygens (including phenoxy) is 2. The van der Waals surface area contributed by atoms with Gasteiger partial charge in [0, 0.05) is 13.1 Å². The van der Waals surface area contributed by atoms with E-state index in [2.05, 4.69) is 9.71 Å². The summed E-state index contributed by atoms with van der Waals surface area (Å²) in [5, 5.41) is 11.1. The molecular formula is C25H35N5O7S. The van der Waals surface area contributed by atoms with Crippen LogP contribution in [0.3, 0.4) is 0 Å². The molecule has 0 aromatic heterocycles. The molecule has 1 aliphatic heterocycles. The molecule has 38 heavy (non-hydrogen) atoms. The number of guanidine groups is 1. The highest BCUT2D eigenvalue weighted by Crippen LogP contribution is 2.35. The highest BCUT2D eigenvalue weighted by molar-refractivity contribution is 7.89. The third kappa shape index (κ3) is 6.10. The number of amides is 1. The summed E-state index contributed by atoms with van der Waals surface area (Å²) >= 11 is 0. The normalized spacial score (nSPS) is 18.4. The first-order chi connectivity index (χ1) is 18.0. The number of carboxylic acids is 1. The van der Waals surface area contributed by atoms with E-state index in [0.29, 0.717) is 29.7 Å². The number of hydrogen-bond acceptors (Lipinski definition) is 7. The maximum atomic E-state index is 13.7. The van der Waals surface area contributed by atoms with E-state index in [9.17, 15) is 23.1 Å². The number of likely N-dealkylation sites (tertiary alicyclic amines) is 1. The van der Waals surface area contributed by atoms with Crippen molar-refractivity contribution in [2.24, 2.45) is 16.5 Å². The Morgan fingerprint density at radius 3 is 2.42 bits per heavy atom. The first kappa shape index (κ1) is 29.0. The van der Waals surface area contributed by atoms with Crippen molar-refractivity contribution in [3.8, 4) is 11.5 Å². The molecule has 1 fully saturated rings. The van der Waals surface area contributed by atoms with Crippen LogP contribution in [0.1, 0.15) is 39.0 Å². The lowest BCUT2D eigenvalue weighted by Crippen LogP contribution is -2.56. The van der Waals surface area contributed by atoms with Gasteiger partial charge in [-0.1, -0.05) is 19.4 Å². The summed E-state index contributed by atoms with van der Waals surface area (Å²) in [6.45, 7) is 2.12. The first-order valence-electron chi connectivity index (χ1n) is 12.3. The lowest BCUT2D eigenvalue weighted by molar-refractivity contribution is -0.150. The van der Waals surface area contributed by atoms with Gasteiger partial charge in [0.05, 0.1) is 19.1 Å². The molecule has 1 saturated heterocycles. The minimum atomic E-state index is -4.20. The number of aliphatic carboxylic acids is 1. The fourth-order valence-corrected chi connectivity index (χ4v) is 6.23. The van der Waals surface area contributed by atoms with E-state index in [1.165, 1.54) is 31.3 Å². The Morgan fingerprint density at radius 1 is 1.18 bits per heavy atom. The zero-order valence-electron chi connectivity index (χ0n) is 21.8. The van der Waals surface area contributed by atoms with Crippen molar-refractivity contribution in [1.29, 1.82) is 0 Å². The molecule has 0 spiro atoms. The standard InChI is InChI=1S/C25H35N5O7S/c1-4-6-19(22(31)32)30-12-10-25(23(30)33,9-5-11-28-24(26)27)29-38(34,35)18-8-7-16-14-20(36-2)21(37-3)15-17(16)13-18/h7-8,13-15,19,29H,4-6,9-12H2,1-3H3,(H,31,32)(H4,26,27,28)/t19?,25-/m1/s1. The summed E-state index contributed by atoms with van der Waals surface area (Å²) in [7, 11) is -1.20. The van der Waals surface area contributed by atoms with Gasteiger partial charge in [0.15, 0.2) is 17.5 Å². The molecule has 12 nitrogen and oxygen atoms in total. The molecule has 2 aromatic carbocycles. The number of aliphatic imine (C=N–C) groups is 1. The van der Waals surface area contributed by atoms with Crippen LogP contribution in [0.2, 0.25) is 0 Å². The van der Waals surface area contributed by atoms with Crippen molar-refractivity contribution in [2.75, 3.05) is 27.3 Å². The third-order valence-corrected chi connectivity index (χ3v) is 8.22. The minimum absolute atomic E-state index is 0.0459. The SMILES string of the molecule is CCCC(C(=O)O)N1CC[C@@](CCCN=C(N)N)(NS(=O)(=O)c2ccc3cc(OC)c(OC)cc3c2)C1=O. The molecule has 1 heterocycles. The Kier molecular flexibility index (Phi) is 9.05. The van der Waals surface area contributed by atoms with E-state index < -0.39 is 33.5 Å². The van der Waals surface area contributed by atoms with Crippen LogP contribution >= 0.6 is 0 Å². The second kappa shape index (κ2) is 11.9. The van der Waals surface area contributed by atoms with Crippen molar-refractivity contribution >= 4 is 38.6 Å². The average molecular weight is 550 g/mol. The quantitative estimate of drug-likeness (QED) is 0.163. The zero-order chi connectivity index (χ0) is 28.1. The fraction of sp³-hybridized carbons (Fsp3) is 0.480. The maximum absolute atomic E-state index is 13.7. The molecule has 3 rings (SSSR count). The number of methoxy groups -OCH3 is 2. The highest BCUT2D eigenvalue weighted by atomic mass is 32.2. The minimum Gasteiger partial charge on any atom is -0.493 e. The monoisotopic (exact) mass is 549 g/mol. The second-order valence-corrected chi connectivity index (χ2v) is 10.9. The molecule has 0 radical (unpaired) electrons. The number of sulfonamides is 1. The number of nitrogens with zero attached hydrogens (tertiary/aromatic N) is 2. The van der Waals surface area contributed by atoms with Gasteiger partial charge >= 0.3 is 5.97 Å². The molecule has 0 aliphatic carbocycles. The second-order valence-electron chi connectivity index (χ2n) is 9.21. The van der Waals surface area contributed by atoms with Crippen molar-refractivity contribution in [3.63, 3.8) is 0 Å². The molecule has 0 bridgehead atoms. The van der Waals surface area contributed by atoms with Crippen molar-refractivity contribution in [2.45, 2.75) is 55.5 Å². The molecule has 1 aliphatic rings. The number of rotatable bonds is 13. The number of carbonyl (C=O) groups excluding carboxylic acids is 1. The summed E-state index contributed by atoms with van der Waals surface area (Å²) in [6.07, 6.45) is 1.32. The predicted molar refractivity (Wildman–Crippen MR) is 143 cm³/mol. The van der Waals surface area contributed by atoms with Gasteiger partial charge in [-0.05, 0) is 60.7 Å². The van der Waals surface area contributed by atoms with Crippen molar-refractivity contribution in [1.82, 2.24) is 9.62 Å². The largest absolute Gasteiger partial charge is 0.493 e. The molecule has 6 N–H and O–H groups in total. The average Bonchev–Trinajstić information content (AvgIpc) is 3.18. The summed E-state index contributed by atoms with van der Waals surface area (Å²) in [4.78, 5) is 30.7. The molecule has 2 aromatic rings. The van der Waals surface area contributed by atoms with Gasteiger partial charge in [0.1, 0.15) is 11.6 Å². The zero-order valence-corrected chi connectivity index (χ0v) is 22.6. The molecule has 2 atom stereocenters. The number of nitrogens with two attached hydrogens (primary N) is 2. The van der Waals surface area contributed by atoms with Crippen LogP contribution in [0.4, 0.5) is 0 Å². The Balaban J connectivity index is 1.98. The van der Waals surface area contributed by atoms with E-state index in [1.807, 2.05) is 6.92 Å².